The van der Waals surface area contributed by atoms with E-state index in [1.54, 1.807) is 29.5 Å². The minimum absolute atomic E-state index is 0.0389. The van der Waals surface area contributed by atoms with E-state index >= 15 is 0 Å². The van der Waals surface area contributed by atoms with Crippen molar-refractivity contribution < 1.29 is 9.72 Å². The third-order valence-electron chi connectivity index (χ3n) is 3.76. The first kappa shape index (κ1) is 15.4. The van der Waals surface area contributed by atoms with E-state index in [-0.39, 0.29) is 11.5 Å². The van der Waals surface area contributed by atoms with E-state index in [0.29, 0.717) is 12.0 Å². The van der Waals surface area contributed by atoms with Crippen molar-refractivity contribution in [1.29, 1.82) is 0 Å². The summed E-state index contributed by atoms with van der Waals surface area (Å²) < 4.78 is 0. The van der Waals surface area contributed by atoms with Crippen LogP contribution >= 0.6 is 11.3 Å². The molecular formula is C18H15NO3S. The number of nitro groups is 1. The second kappa shape index (κ2) is 6.71. The number of thiophene rings is 1. The fourth-order valence-electron chi connectivity index (χ4n) is 2.65. The van der Waals surface area contributed by atoms with Crippen LogP contribution in [0.15, 0.2) is 52.9 Å². The summed E-state index contributed by atoms with van der Waals surface area (Å²) in [6, 6.07) is 10.3. The highest BCUT2D eigenvalue weighted by Gasteiger charge is 2.20. The molecule has 1 aromatic carbocycles. The number of carbonyl (C=O) groups is 1. The van der Waals surface area contributed by atoms with Crippen LogP contribution in [0.1, 0.15) is 29.7 Å². The van der Waals surface area contributed by atoms with E-state index in [4.69, 9.17) is 0 Å². The maximum atomic E-state index is 12.6. The quantitative estimate of drug-likeness (QED) is 0.459. The highest BCUT2D eigenvalue weighted by atomic mass is 32.1. The molecule has 23 heavy (non-hydrogen) atoms. The van der Waals surface area contributed by atoms with Gasteiger partial charge in [-0.25, -0.2) is 0 Å². The van der Waals surface area contributed by atoms with Crippen molar-refractivity contribution in [2.24, 2.45) is 0 Å². The second-order valence-corrected chi connectivity index (χ2v) is 6.37. The Hall–Kier alpha value is -2.53. The first-order valence-corrected chi connectivity index (χ1v) is 8.25. The van der Waals surface area contributed by atoms with Crippen LogP contribution in [0.4, 0.5) is 5.69 Å². The number of hydrogen-bond donors (Lipinski definition) is 0. The molecular weight excluding hydrogens is 310 g/mol. The number of non-ortho nitro benzene ring substituents is 1. The summed E-state index contributed by atoms with van der Waals surface area (Å²) in [5, 5.41) is 12.8. The van der Waals surface area contributed by atoms with Crippen molar-refractivity contribution >= 4 is 35.0 Å². The van der Waals surface area contributed by atoms with Gasteiger partial charge < -0.3 is 0 Å². The van der Waals surface area contributed by atoms with Gasteiger partial charge in [-0.15, -0.1) is 11.3 Å². The summed E-state index contributed by atoms with van der Waals surface area (Å²) in [4.78, 5) is 24.1. The Bertz CT molecular complexity index is 803. The van der Waals surface area contributed by atoms with Gasteiger partial charge in [0.15, 0.2) is 5.78 Å². The zero-order valence-electron chi connectivity index (χ0n) is 12.4. The van der Waals surface area contributed by atoms with Crippen molar-refractivity contribution in [2.45, 2.75) is 19.3 Å². The van der Waals surface area contributed by atoms with E-state index in [1.165, 1.54) is 12.1 Å². The minimum atomic E-state index is -0.424. The molecule has 0 saturated heterocycles. The number of nitro benzene ring substituents is 1. The maximum Gasteiger partial charge on any atom is 0.270 e. The largest absolute Gasteiger partial charge is 0.289 e. The molecule has 5 heteroatoms. The van der Waals surface area contributed by atoms with Crippen LogP contribution in [0.3, 0.4) is 0 Å². The van der Waals surface area contributed by atoms with E-state index in [0.717, 1.165) is 28.9 Å². The topological polar surface area (TPSA) is 60.2 Å². The lowest BCUT2D eigenvalue weighted by Crippen LogP contribution is -2.12. The standard InChI is InChI=1S/C18H15NO3S/c20-18-14(10-13-4-1-7-16(11-13)19(21)22)5-2-6-15(18)12-17-8-3-9-23-17/h1,3-4,7-12H,2,5-6H2/b14-10+,15-12+. The normalized spacial score (nSPS) is 18.5. The van der Waals surface area contributed by atoms with Crippen LogP contribution < -0.4 is 0 Å². The molecule has 1 fully saturated rings. The highest BCUT2D eigenvalue weighted by molar-refractivity contribution is 7.10. The Morgan fingerprint density at radius 2 is 1.87 bits per heavy atom. The molecule has 1 aliphatic rings. The van der Waals surface area contributed by atoms with Crippen LogP contribution in [-0.4, -0.2) is 10.7 Å². The molecule has 4 nitrogen and oxygen atoms in total. The number of ketones is 1. The Balaban J connectivity index is 1.89. The van der Waals surface area contributed by atoms with Crippen molar-refractivity contribution in [1.82, 2.24) is 0 Å². The smallest absolute Gasteiger partial charge is 0.270 e. The van der Waals surface area contributed by atoms with Crippen LogP contribution in [0.2, 0.25) is 0 Å². The SMILES string of the molecule is O=C1/C(=C/c2cccc([N+](=O)[O-])c2)CCC/C1=C\c1cccs1. The van der Waals surface area contributed by atoms with E-state index in [9.17, 15) is 14.9 Å². The Kier molecular flexibility index (Phi) is 4.48. The molecule has 3 rings (SSSR count). The molecule has 0 amide bonds. The van der Waals surface area contributed by atoms with Crippen molar-refractivity contribution in [3.05, 3.63) is 73.5 Å². The monoisotopic (exact) mass is 325 g/mol. The average Bonchev–Trinajstić information content (AvgIpc) is 3.04. The number of allylic oxidation sites excluding steroid dienone is 2. The predicted molar refractivity (Wildman–Crippen MR) is 92.2 cm³/mol. The number of benzene rings is 1. The van der Waals surface area contributed by atoms with Gasteiger partial charge in [0.2, 0.25) is 0 Å². The second-order valence-electron chi connectivity index (χ2n) is 5.39. The number of nitrogens with zero attached hydrogens (tertiary/aromatic N) is 1. The van der Waals surface area contributed by atoms with Gasteiger partial charge in [0, 0.05) is 28.2 Å². The Labute approximate surface area is 137 Å². The molecule has 0 unspecified atom stereocenters. The number of carbonyl (C=O) groups excluding carboxylic acids is 1. The predicted octanol–water partition coefficient (Wildman–Crippen LogP) is 4.88. The molecule has 0 atom stereocenters. The van der Waals surface area contributed by atoms with Gasteiger partial charge in [-0.2, -0.15) is 0 Å². The Morgan fingerprint density at radius 1 is 1.09 bits per heavy atom. The van der Waals surface area contributed by atoms with Gasteiger partial charge in [0.05, 0.1) is 4.92 Å². The number of Topliss-reactive ketones (excluding diaryl/α,β-unsaturated/α-hetero) is 1. The lowest BCUT2D eigenvalue weighted by atomic mass is 9.87. The third kappa shape index (κ3) is 3.63. The summed E-state index contributed by atoms with van der Waals surface area (Å²) in [6.07, 6.45) is 6.14. The van der Waals surface area contributed by atoms with Gasteiger partial charge >= 0.3 is 0 Å². The lowest BCUT2D eigenvalue weighted by Gasteiger charge is -2.16. The van der Waals surface area contributed by atoms with Gasteiger partial charge in [-0.1, -0.05) is 18.2 Å². The molecule has 0 N–H and O–H groups in total. The molecule has 1 aromatic heterocycles. The molecule has 116 valence electrons. The molecule has 1 saturated carbocycles. The van der Waals surface area contributed by atoms with E-state index < -0.39 is 4.92 Å². The molecule has 0 bridgehead atoms. The van der Waals surface area contributed by atoms with Crippen LogP contribution in [-0.2, 0) is 4.79 Å². The highest BCUT2D eigenvalue weighted by Crippen LogP contribution is 2.29. The summed E-state index contributed by atoms with van der Waals surface area (Å²) in [7, 11) is 0. The van der Waals surface area contributed by atoms with Crippen molar-refractivity contribution in [3.63, 3.8) is 0 Å². The van der Waals surface area contributed by atoms with Crippen molar-refractivity contribution in [2.75, 3.05) is 0 Å². The number of hydrogen-bond acceptors (Lipinski definition) is 4. The Morgan fingerprint density at radius 3 is 2.57 bits per heavy atom. The van der Waals surface area contributed by atoms with Crippen LogP contribution in [0.25, 0.3) is 12.2 Å². The molecule has 0 radical (unpaired) electrons. The molecule has 0 aliphatic heterocycles. The van der Waals surface area contributed by atoms with Crippen LogP contribution in [0, 0.1) is 10.1 Å². The lowest BCUT2D eigenvalue weighted by molar-refractivity contribution is -0.384. The fraction of sp³-hybridized carbons (Fsp3) is 0.167. The summed E-state index contributed by atoms with van der Waals surface area (Å²) in [6.45, 7) is 0. The number of rotatable bonds is 3. The van der Waals surface area contributed by atoms with Gasteiger partial charge in [-0.3, -0.25) is 14.9 Å². The van der Waals surface area contributed by atoms with Crippen molar-refractivity contribution in [3.8, 4) is 0 Å². The first-order chi connectivity index (χ1) is 11.1. The van der Waals surface area contributed by atoms with Gasteiger partial charge in [0.25, 0.3) is 5.69 Å². The average molecular weight is 325 g/mol. The van der Waals surface area contributed by atoms with Crippen LogP contribution in [0.5, 0.6) is 0 Å². The maximum absolute atomic E-state index is 12.6. The third-order valence-corrected chi connectivity index (χ3v) is 4.58. The molecule has 2 aromatic rings. The van der Waals surface area contributed by atoms with Gasteiger partial charge in [0.1, 0.15) is 0 Å². The van der Waals surface area contributed by atoms with E-state index in [2.05, 4.69) is 0 Å². The zero-order valence-corrected chi connectivity index (χ0v) is 13.2. The summed E-state index contributed by atoms with van der Waals surface area (Å²) in [5.74, 6) is 0.0520. The molecule has 0 spiro atoms. The fourth-order valence-corrected chi connectivity index (χ4v) is 3.33. The summed E-state index contributed by atoms with van der Waals surface area (Å²) >= 11 is 1.61. The molecule has 1 aliphatic carbocycles. The molecule has 1 heterocycles. The first-order valence-electron chi connectivity index (χ1n) is 7.37. The zero-order chi connectivity index (χ0) is 16.2. The van der Waals surface area contributed by atoms with Gasteiger partial charge in [-0.05, 0) is 48.4 Å². The summed E-state index contributed by atoms with van der Waals surface area (Å²) in [5.41, 5.74) is 2.27. The minimum Gasteiger partial charge on any atom is -0.289 e. The van der Waals surface area contributed by atoms with E-state index in [1.807, 2.05) is 23.6 Å².